The number of benzene rings is 3. The quantitative estimate of drug-likeness (QED) is 0.324. The first-order valence-electron chi connectivity index (χ1n) is 14.1. The number of methoxy groups -OCH3 is 1. The first kappa shape index (κ1) is 28.3. The van der Waals surface area contributed by atoms with Gasteiger partial charge in [-0.2, -0.15) is 17.9 Å². The zero-order chi connectivity index (χ0) is 29.3. The van der Waals surface area contributed by atoms with Crippen LogP contribution in [0.25, 0.3) is 5.69 Å². The number of likely N-dealkylation sites (N-methyl/N-ethyl adjacent to an activating group) is 1. The van der Waals surface area contributed by atoms with E-state index in [0.717, 1.165) is 43.0 Å². The van der Waals surface area contributed by atoms with Crippen molar-refractivity contribution in [2.75, 3.05) is 46.9 Å². The molecule has 2 aliphatic heterocycles. The molecule has 3 aromatic carbocycles. The smallest absolute Gasteiger partial charge is 0.453 e. The van der Waals surface area contributed by atoms with Crippen LogP contribution in [0.15, 0.2) is 78.9 Å². The van der Waals surface area contributed by atoms with Crippen LogP contribution in [0, 0.1) is 0 Å². The van der Waals surface area contributed by atoms with Gasteiger partial charge in [-0.3, -0.25) is 9.80 Å². The van der Waals surface area contributed by atoms with Crippen LogP contribution in [0.2, 0.25) is 0 Å². The fourth-order valence-corrected chi connectivity index (χ4v) is 6.55. The van der Waals surface area contributed by atoms with Crippen LogP contribution in [0.3, 0.4) is 0 Å². The van der Waals surface area contributed by atoms with Gasteiger partial charge in [0.15, 0.2) is 0 Å². The van der Waals surface area contributed by atoms with Crippen LogP contribution >= 0.6 is 0 Å². The molecule has 4 aromatic rings. The van der Waals surface area contributed by atoms with Gasteiger partial charge < -0.3 is 9.64 Å². The average molecular weight is 578 g/mol. The van der Waals surface area contributed by atoms with Gasteiger partial charge in [-0.25, -0.2) is 0 Å². The maximum absolute atomic E-state index is 13.6. The first-order valence-corrected chi connectivity index (χ1v) is 14.1. The van der Waals surface area contributed by atoms with Crippen LogP contribution in [0.1, 0.15) is 28.4 Å². The van der Waals surface area contributed by atoms with E-state index >= 15 is 0 Å². The summed E-state index contributed by atoms with van der Waals surface area (Å²) in [6.07, 6.45) is -4.68. The van der Waals surface area contributed by atoms with E-state index in [1.165, 1.54) is 11.1 Å². The van der Waals surface area contributed by atoms with Crippen LogP contribution in [0.5, 0.6) is 5.75 Å². The molecule has 2 atom stereocenters. The molecule has 1 unspecified atom stereocenters. The van der Waals surface area contributed by atoms with Gasteiger partial charge in [0.1, 0.15) is 5.75 Å². The Morgan fingerprint density at radius 1 is 0.905 bits per heavy atom. The summed E-state index contributed by atoms with van der Waals surface area (Å²) in [4.78, 5) is 7.46. The highest BCUT2D eigenvalue weighted by Gasteiger charge is 2.42. The normalized spacial score (nSPS) is 20.5. The molecule has 1 aromatic heterocycles. The molecule has 220 valence electrons. The third-order valence-corrected chi connectivity index (χ3v) is 8.40. The lowest BCUT2D eigenvalue weighted by molar-refractivity contribution is -0.146. The third kappa shape index (κ3) is 5.77. The van der Waals surface area contributed by atoms with Gasteiger partial charge in [-0.15, -0.1) is 5.10 Å². The molecule has 0 spiro atoms. The zero-order valence-corrected chi connectivity index (χ0v) is 23.7. The number of rotatable bonds is 7. The molecular weight excluding hydrogens is 543 g/mol. The molecular formula is C31H34F3N7O. The molecule has 8 nitrogen and oxygen atoms in total. The molecule has 0 aliphatic carbocycles. The van der Waals surface area contributed by atoms with Crippen molar-refractivity contribution in [3.05, 3.63) is 101 Å². The van der Waals surface area contributed by atoms with Crippen molar-refractivity contribution < 1.29 is 17.9 Å². The summed E-state index contributed by atoms with van der Waals surface area (Å²) in [5, 5.41) is 10.1. The van der Waals surface area contributed by atoms with Crippen LogP contribution in [-0.2, 0) is 12.7 Å². The minimum atomic E-state index is -4.68. The van der Waals surface area contributed by atoms with Crippen LogP contribution in [-0.4, -0.2) is 93.9 Å². The highest BCUT2D eigenvalue weighted by Crippen LogP contribution is 2.37. The van der Waals surface area contributed by atoms with Crippen molar-refractivity contribution in [1.29, 1.82) is 0 Å². The van der Waals surface area contributed by atoms with E-state index in [-0.39, 0.29) is 17.6 Å². The Kier molecular flexibility index (Phi) is 7.98. The number of hydrogen-bond donors (Lipinski definition) is 0. The maximum atomic E-state index is 13.6. The zero-order valence-electron chi connectivity index (χ0n) is 23.7. The Labute approximate surface area is 243 Å². The number of hydrogen-bond acceptors (Lipinski definition) is 7. The van der Waals surface area contributed by atoms with E-state index < -0.39 is 12.0 Å². The predicted octanol–water partition coefficient (Wildman–Crippen LogP) is 4.32. The lowest BCUT2D eigenvalue weighted by Crippen LogP contribution is -2.66. The summed E-state index contributed by atoms with van der Waals surface area (Å²) in [5.74, 6) is -0.390. The number of tetrazole rings is 1. The number of aromatic nitrogens is 4. The lowest BCUT2D eigenvalue weighted by Gasteiger charge is -2.53. The molecule has 6 rings (SSSR count). The van der Waals surface area contributed by atoms with Crippen molar-refractivity contribution in [3.8, 4) is 11.4 Å². The Morgan fingerprint density at radius 3 is 2.24 bits per heavy atom. The molecule has 0 saturated carbocycles. The number of fused-ring (bicyclic) bond motifs is 1. The van der Waals surface area contributed by atoms with E-state index in [0.29, 0.717) is 18.3 Å². The second kappa shape index (κ2) is 11.8. The minimum Gasteiger partial charge on any atom is -0.496 e. The van der Waals surface area contributed by atoms with Gasteiger partial charge in [-0.1, -0.05) is 60.7 Å². The number of ether oxygens (including phenoxy) is 1. The fraction of sp³-hybridized carbons (Fsp3) is 0.387. The van der Waals surface area contributed by atoms with E-state index in [1.54, 1.807) is 25.3 Å². The Balaban J connectivity index is 1.36. The SMILES string of the molecule is COc1ccc(-n2nnnc2C(F)(F)F)cc1CN1CC(C(c2ccccc2)c2ccccc2)N2CCN(C)C[C@H]2C1. The molecule has 42 heavy (non-hydrogen) atoms. The van der Waals surface area contributed by atoms with Gasteiger partial charge in [0.25, 0.3) is 5.82 Å². The van der Waals surface area contributed by atoms with Crippen molar-refractivity contribution in [3.63, 3.8) is 0 Å². The van der Waals surface area contributed by atoms with Crippen molar-refractivity contribution in [2.24, 2.45) is 0 Å². The summed E-state index contributed by atoms with van der Waals surface area (Å²) in [7, 11) is 3.74. The van der Waals surface area contributed by atoms with Crippen molar-refractivity contribution >= 4 is 0 Å². The minimum absolute atomic E-state index is 0.157. The second-order valence-corrected chi connectivity index (χ2v) is 11.1. The highest BCUT2D eigenvalue weighted by atomic mass is 19.4. The molecule has 0 amide bonds. The Hall–Kier alpha value is -3.80. The standard InChI is InChI=1S/C31H34F3N7O/c1-38-15-16-40-26(19-38)20-39(21-27(40)29(22-9-5-3-6-10-22)23-11-7-4-8-12-23)18-24-17-25(13-14-28(24)42-2)41-30(31(32,33)34)35-36-37-41/h3-14,17,26-27,29H,15-16,18-21H2,1-2H3/t26-,27?/m0/s1. The second-order valence-electron chi connectivity index (χ2n) is 11.1. The van der Waals surface area contributed by atoms with E-state index in [2.05, 4.69) is 85.8 Å². The molecule has 3 heterocycles. The topological polar surface area (TPSA) is 62.6 Å². The van der Waals surface area contributed by atoms with E-state index in [4.69, 9.17) is 4.74 Å². The number of halogens is 3. The molecule has 2 saturated heterocycles. The van der Waals surface area contributed by atoms with Gasteiger partial charge >= 0.3 is 6.18 Å². The molecule has 0 bridgehead atoms. The number of piperazine rings is 2. The van der Waals surface area contributed by atoms with Crippen molar-refractivity contribution in [2.45, 2.75) is 30.7 Å². The fourth-order valence-electron chi connectivity index (χ4n) is 6.55. The van der Waals surface area contributed by atoms with Gasteiger partial charge in [0, 0.05) is 62.8 Å². The summed E-state index contributed by atoms with van der Waals surface area (Å²) in [6, 6.07) is 26.7. The lowest BCUT2D eigenvalue weighted by atomic mass is 9.81. The summed E-state index contributed by atoms with van der Waals surface area (Å²) in [5.41, 5.74) is 3.56. The van der Waals surface area contributed by atoms with E-state index in [1.807, 2.05) is 12.1 Å². The maximum Gasteiger partial charge on any atom is 0.453 e. The largest absolute Gasteiger partial charge is 0.496 e. The number of nitrogens with zero attached hydrogens (tertiary/aromatic N) is 7. The monoisotopic (exact) mass is 577 g/mol. The van der Waals surface area contributed by atoms with Crippen molar-refractivity contribution in [1.82, 2.24) is 34.9 Å². The molecule has 0 N–H and O–H groups in total. The van der Waals surface area contributed by atoms with E-state index in [9.17, 15) is 13.2 Å². The summed E-state index contributed by atoms with van der Waals surface area (Å²) >= 11 is 0. The number of alkyl halides is 3. The van der Waals surface area contributed by atoms with Crippen LogP contribution < -0.4 is 4.74 Å². The predicted molar refractivity (Wildman–Crippen MR) is 152 cm³/mol. The van der Waals surface area contributed by atoms with Gasteiger partial charge in [0.05, 0.1) is 12.8 Å². The average Bonchev–Trinajstić information content (AvgIpc) is 3.49. The van der Waals surface area contributed by atoms with Gasteiger partial charge in [0.2, 0.25) is 0 Å². The Bertz CT molecular complexity index is 1440. The van der Waals surface area contributed by atoms with Gasteiger partial charge in [-0.05, 0) is 46.8 Å². The molecule has 2 aliphatic rings. The highest BCUT2D eigenvalue weighted by molar-refractivity contribution is 5.44. The Morgan fingerprint density at radius 2 is 1.60 bits per heavy atom. The third-order valence-electron chi connectivity index (χ3n) is 8.40. The molecule has 2 fully saturated rings. The molecule has 11 heteroatoms. The molecule has 0 radical (unpaired) electrons. The van der Waals surface area contributed by atoms with Crippen LogP contribution in [0.4, 0.5) is 13.2 Å². The summed E-state index contributed by atoms with van der Waals surface area (Å²) < 4.78 is 47.1. The summed E-state index contributed by atoms with van der Waals surface area (Å²) in [6.45, 7) is 5.08. The first-order chi connectivity index (χ1) is 20.3.